The Morgan fingerprint density at radius 1 is 1.33 bits per heavy atom. The number of hydrogen-bond acceptors (Lipinski definition) is 3. The molecule has 1 aromatic carbocycles. The van der Waals surface area contributed by atoms with Crippen LogP contribution >= 0.6 is 0 Å². The van der Waals surface area contributed by atoms with Crippen molar-refractivity contribution in [2.75, 3.05) is 33.4 Å². The summed E-state index contributed by atoms with van der Waals surface area (Å²) in [7, 11) is 1.67. The summed E-state index contributed by atoms with van der Waals surface area (Å²) in [6, 6.07) is 6.03. The van der Waals surface area contributed by atoms with Crippen molar-refractivity contribution in [3.8, 4) is 11.5 Å². The Bertz CT molecular complexity index is 545. The molecule has 134 valence electrons. The van der Waals surface area contributed by atoms with E-state index in [1.165, 1.54) is 12.8 Å². The van der Waals surface area contributed by atoms with E-state index in [9.17, 15) is 0 Å². The largest absolute Gasteiger partial charge is 0.493 e. The van der Waals surface area contributed by atoms with Crippen LogP contribution in [0.4, 0.5) is 0 Å². The van der Waals surface area contributed by atoms with Gasteiger partial charge in [0.15, 0.2) is 17.5 Å². The molecular formula is C19H31N3O2. The van der Waals surface area contributed by atoms with Crippen LogP contribution in [0.15, 0.2) is 23.2 Å². The molecule has 1 unspecified atom stereocenters. The topological polar surface area (TPSA) is 46.1 Å². The molecule has 1 aromatic rings. The zero-order valence-electron chi connectivity index (χ0n) is 15.5. The zero-order valence-corrected chi connectivity index (χ0v) is 15.5. The van der Waals surface area contributed by atoms with Crippen LogP contribution in [0, 0.1) is 5.92 Å². The molecule has 1 heterocycles. The van der Waals surface area contributed by atoms with Crippen LogP contribution in [0.1, 0.15) is 39.2 Å². The van der Waals surface area contributed by atoms with Crippen LogP contribution in [0.25, 0.3) is 0 Å². The van der Waals surface area contributed by atoms with Gasteiger partial charge in [0.25, 0.3) is 0 Å². The van der Waals surface area contributed by atoms with Crippen molar-refractivity contribution in [1.82, 2.24) is 10.2 Å². The quantitative estimate of drug-likeness (QED) is 0.641. The minimum absolute atomic E-state index is 0.631. The van der Waals surface area contributed by atoms with Crippen LogP contribution < -0.4 is 14.8 Å². The number of piperidine rings is 1. The third-order valence-electron chi connectivity index (χ3n) is 4.23. The monoisotopic (exact) mass is 333 g/mol. The summed E-state index contributed by atoms with van der Waals surface area (Å²) in [6.07, 6.45) is 2.55. The summed E-state index contributed by atoms with van der Waals surface area (Å²) < 4.78 is 11.0. The van der Waals surface area contributed by atoms with Gasteiger partial charge >= 0.3 is 0 Å². The van der Waals surface area contributed by atoms with Crippen molar-refractivity contribution < 1.29 is 9.47 Å². The number of aliphatic imine (C=N–C) groups is 1. The Labute approximate surface area is 146 Å². The first-order valence-corrected chi connectivity index (χ1v) is 9.00. The Morgan fingerprint density at radius 2 is 2.17 bits per heavy atom. The number of benzene rings is 1. The number of rotatable bonds is 6. The Balaban J connectivity index is 2.10. The molecule has 5 nitrogen and oxygen atoms in total. The first kappa shape index (κ1) is 18.4. The molecule has 24 heavy (non-hydrogen) atoms. The minimum atomic E-state index is 0.631. The lowest BCUT2D eigenvalue weighted by Gasteiger charge is -2.33. The molecule has 0 radical (unpaired) electrons. The van der Waals surface area contributed by atoms with E-state index >= 15 is 0 Å². The van der Waals surface area contributed by atoms with E-state index in [1.54, 1.807) is 7.11 Å². The molecule has 1 fully saturated rings. The number of ether oxygens (including phenoxy) is 2. The fourth-order valence-corrected chi connectivity index (χ4v) is 3.06. The summed E-state index contributed by atoms with van der Waals surface area (Å²) in [4.78, 5) is 7.21. The summed E-state index contributed by atoms with van der Waals surface area (Å²) in [5.74, 6) is 3.29. The lowest BCUT2D eigenvalue weighted by molar-refractivity contribution is 0.266. The molecule has 0 aromatic heterocycles. The van der Waals surface area contributed by atoms with Crippen molar-refractivity contribution in [3.05, 3.63) is 23.8 Å². The van der Waals surface area contributed by atoms with Crippen molar-refractivity contribution in [2.45, 2.75) is 40.2 Å². The van der Waals surface area contributed by atoms with Gasteiger partial charge in [-0.1, -0.05) is 13.0 Å². The van der Waals surface area contributed by atoms with Crippen LogP contribution in [-0.2, 0) is 6.54 Å². The fourth-order valence-electron chi connectivity index (χ4n) is 3.06. The number of nitrogens with one attached hydrogen (secondary N) is 1. The van der Waals surface area contributed by atoms with Gasteiger partial charge in [0.1, 0.15) is 0 Å². The standard InChI is InChI=1S/C19H31N3O2/c1-5-20-19(22-11-7-8-15(3)14-22)21-13-16-9-10-17(24-6-2)18(12-16)23-4/h9-10,12,15H,5-8,11,13-14H2,1-4H3,(H,20,21). The molecule has 0 aliphatic carbocycles. The lowest BCUT2D eigenvalue weighted by atomic mass is 10.0. The van der Waals surface area contributed by atoms with Crippen molar-refractivity contribution in [3.63, 3.8) is 0 Å². The maximum Gasteiger partial charge on any atom is 0.194 e. The maximum atomic E-state index is 5.57. The van der Waals surface area contributed by atoms with E-state index in [0.29, 0.717) is 13.2 Å². The number of guanidine groups is 1. The molecule has 1 atom stereocenters. The van der Waals surface area contributed by atoms with Crippen LogP contribution in [0.2, 0.25) is 0 Å². The van der Waals surface area contributed by atoms with Gasteiger partial charge in [0.2, 0.25) is 0 Å². The molecule has 1 aliphatic heterocycles. The molecular weight excluding hydrogens is 302 g/mol. The second-order valence-corrected chi connectivity index (χ2v) is 6.28. The van der Waals surface area contributed by atoms with Crippen molar-refractivity contribution in [2.24, 2.45) is 10.9 Å². The third kappa shape index (κ3) is 5.05. The summed E-state index contributed by atoms with van der Waals surface area (Å²) in [5, 5.41) is 3.42. The van der Waals surface area contributed by atoms with E-state index in [4.69, 9.17) is 14.5 Å². The number of likely N-dealkylation sites (tertiary alicyclic amines) is 1. The second-order valence-electron chi connectivity index (χ2n) is 6.28. The van der Waals surface area contributed by atoms with E-state index in [0.717, 1.165) is 48.6 Å². The maximum absolute atomic E-state index is 5.57. The van der Waals surface area contributed by atoms with E-state index in [1.807, 2.05) is 19.1 Å². The van der Waals surface area contributed by atoms with E-state index in [2.05, 4.69) is 30.1 Å². The van der Waals surface area contributed by atoms with E-state index in [-0.39, 0.29) is 0 Å². The van der Waals surface area contributed by atoms with Gasteiger partial charge < -0.3 is 19.7 Å². The first-order chi connectivity index (χ1) is 11.7. The second kappa shape index (κ2) is 9.40. The van der Waals surface area contributed by atoms with Gasteiger partial charge in [-0.25, -0.2) is 4.99 Å². The van der Waals surface area contributed by atoms with Gasteiger partial charge in [0, 0.05) is 19.6 Å². The van der Waals surface area contributed by atoms with Crippen molar-refractivity contribution >= 4 is 5.96 Å². The Hall–Kier alpha value is -1.91. The molecule has 1 N–H and O–H groups in total. The molecule has 0 amide bonds. The highest BCUT2D eigenvalue weighted by Crippen LogP contribution is 2.28. The van der Waals surface area contributed by atoms with Gasteiger partial charge in [-0.05, 0) is 50.3 Å². The van der Waals surface area contributed by atoms with Gasteiger partial charge in [0.05, 0.1) is 20.3 Å². The molecule has 2 rings (SSSR count). The Morgan fingerprint density at radius 3 is 2.83 bits per heavy atom. The summed E-state index contributed by atoms with van der Waals surface area (Å²) in [6.45, 7) is 10.7. The number of nitrogens with zero attached hydrogens (tertiary/aromatic N) is 2. The zero-order chi connectivity index (χ0) is 17.4. The first-order valence-electron chi connectivity index (χ1n) is 9.00. The van der Waals surface area contributed by atoms with Crippen molar-refractivity contribution in [1.29, 1.82) is 0 Å². The molecule has 5 heteroatoms. The molecule has 1 aliphatic rings. The normalized spacial score (nSPS) is 18.4. The summed E-state index contributed by atoms with van der Waals surface area (Å²) >= 11 is 0. The number of hydrogen-bond donors (Lipinski definition) is 1. The average molecular weight is 333 g/mol. The Kier molecular flexibility index (Phi) is 7.22. The summed E-state index contributed by atoms with van der Waals surface area (Å²) in [5.41, 5.74) is 1.12. The average Bonchev–Trinajstić information content (AvgIpc) is 2.59. The predicted octanol–water partition coefficient (Wildman–Crippen LogP) is 3.29. The lowest BCUT2D eigenvalue weighted by Crippen LogP contribution is -2.46. The fraction of sp³-hybridized carbons (Fsp3) is 0.632. The molecule has 1 saturated heterocycles. The third-order valence-corrected chi connectivity index (χ3v) is 4.23. The van der Waals surface area contributed by atoms with Gasteiger partial charge in [-0.15, -0.1) is 0 Å². The molecule has 0 saturated carbocycles. The van der Waals surface area contributed by atoms with Crippen LogP contribution in [0.5, 0.6) is 11.5 Å². The highest BCUT2D eigenvalue weighted by molar-refractivity contribution is 5.80. The molecule has 0 bridgehead atoms. The highest BCUT2D eigenvalue weighted by Gasteiger charge is 2.19. The highest BCUT2D eigenvalue weighted by atomic mass is 16.5. The number of methoxy groups -OCH3 is 1. The smallest absolute Gasteiger partial charge is 0.194 e. The van der Waals surface area contributed by atoms with Crippen LogP contribution in [0.3, 0.4) is 0 Å². The SMILES string of the molecule is CCNC(=NCc1ccc(OCC)c(OC)c1)N1CCCC(C)C1. The van der Waals surface area contributed by atoms with Gasteiger partial charge in [-0.2, -0.15) is 0 Å². The van der Waals surface area contributed by atoms with E-state index < -0.39 is 0 Å². The minimum Gasteiger partial charge on any atom is -0.493 e. The van der Waals surface area contributed by atoms with Gasteiger partial charge in [-0.3, -0.25) is 0 Å². The predicted molar refractivity (Wildman–Crippen MR) is 98.9 cm³/mol. The molecule has 0 spiro atoms. The van der Waals surface area contributed by atoms with Crippen LogP contribution in [-0.4, -0.2) is 44.2 Å².